The summed E-state index contributed by atoms with van der Waals surface area (Å²) in [6.07, 6.45) is 2.18. The molecule has 5 nitrogen and oxygen atoms in total. The lowest BCUT2D eigenvalue weighted by molar-refractivity contribution is -0.120. The number of carbonyl (C=O) groups is 1. The molecule has 0 bridgehead atoms. The highest BCUT2D eigenvalue weighted by molar-refractivity contribution is 8.00. The summed E-state index contributed by atoms with van der Waals surface area (Å²) in [5.74, 6) is 0.0741. The molecule has 1 aliphatic carbocycles. The highest BCUT2D eigenvalue weighted by Gasteiger charge is 2.27. The third-order valence-electron chi connectivity index (χ3n) is 4.69. The second kappa shape index (κ2) is 5.99. The van der Waals surface area contributed by atoms with E-state index in [1.807, 2.05) is 55.5 Å². The SMILES string of the molecule is CC(Sc1nc2ccccc2c2nc3ccccc3n12)C(=O)NC1CC1. The number of amides is 1. The Morgan fingerprint density at radius 1 is 1.12 bits per heavy atom. The molecule has 1 fully saturated rings. The molecule has 2 aromatic heterocycles. The maximum absolute atomic E-state index is 12.4. The Balaban J connectivity index is 1.67. The first kappa shape index (κ1) is 15.6. The summed E-state index contributed by atoms with van der Waals surface area (Å²) in [4.78, 5) is 22.1. The van der Waals surface area contributed by atoms with Crippen LogP contribution in [0.5, 0.6) is 0 Å². The van der Waals surface area contributed by atoms with E-state index in [-0.39, 0.29) is 11.2 Å². The number of benzene rings is 2. The zero-order valence-electron chi connectivity index (χ0n) is 14.3. The molecule has 1 atom stereocenters. The summed E-state index contributed by atoms with van der Waals surface area (Å²) in [6.45, 7) is 1.93. The van der Waals surface area contributed by atoms with E-state index in [1.54, 1.807) is 0 Å². The summed E-state index contributed by atoms with van der Waals surface area (Å²) < 4.78 is 2.07. The number of aromatic nitrogens is 3. The zero-order chi connectivity index (χ0) is 17.7. The minimum absolute atomic E-state index is 0.0741. The minimum atomic E-state index is -0.214. The summed E-state index contributed by atoms with van der Waals surface area (Å²) in [5, 5.41) is 4.68. The van der Waals surface area contributed by atoms with Gasteiger partial charge in [-0.1, -0.05) is 36.0 Å². The van der Waals surface area contributed by atoms with Crippen LogP contribution in [0.15, 0.2) is 53.7 Å². The molecule has 130 valence electrons. The van der Waals surface area contributed by atoms with Gasteiger partial charge in [0.25, 0.3) is 0 Å². The summed E-state index contributed by atoms with van der Waals surface area (Å²) >= 11 is 1.49. The van der Waals surface area contributed by atoms with Gasteiger partial charge < -0.3 is 5.32 Å². The van der Waals surface area contributed by atoms with E-state index < -0.39 is 0 Å². The first-order valence-corrected chi connectivity index (χ1v) is 9.71. The predicted octanol–water partition coefficient (Wildman–Crippen LogP) is 3.79. The lowest BCUT2D eigenvalue weighted by Gasteiger charge is -2.13. The van der Waals surface area contributed by atoms with Crippen molar-refractivity contribution in [3.63, 3.8) is 0 Å². The number of hydrogen-bond donors (Lipinski definition) is 1. The topological polar surface area (TPSA) is 59.3 Å². The number of nitrogens with one attached hydrogen (secondary N) is 1. The normalized spacial score (nSPS) is 15.6. The Labute approximate surface area is 154 Å². The molecule has 6 heteroatoms. The Kier molecular flexibility index (Phi) is 3.60. The summed E-state index contributed by atoms with van der Waals surface area (Å²) in [7, 11) is 0. The second-order valence-corrected chi connectivity index (χ2v) is 8.02. The molecular formula is C20H18N4OS. The van der Waals surface area contributed by atoms with Crippen LogP contribution in [0.2, 0.25) is 0 Å². The number of carbonyl (C=O) groups excluding carboxylic acids is 1. The van der Waals surface area contributed by atoms with Crippen LogP contribution >= 0.6 is 11.8 Å². The van der Waals surface area contributed by atoms with Crippen molar-refractivity contribution in [3.8, 4) is 0 Å². The third-order valence-corrected chi connectivity index (χ3v) is 5.74. The summed E-state index contributed by atoms with van der Waals surface area (Å²) in [5.41, 5.74) is 3.72. The standard InChI is InChI=1S/C20H18N4OS/c1-12(19(25)21-13-10-11-13)26-20-23-15-7-3-2-6-14(15)18-22-16-8-4-5-9-17(16)24(18)20/h2-9,12-13H,10-11H2,1H3,(H,21,25). The fraction of sp³-hybridized carbons (Fsp3) is 0.250. The zero-order valence-corrected chi connectivity index (χ0v) is 15.2. The van der Waals surface area contributed by atoms with Crippen molar-refractivity contribution >= 4 is 45.3 Å². The molecule has 26 heavy (non-hydrogen) atoms. The minimum Gasteiger partial charge on any atom is -0.352 e. The van der Waals surface area contributed by atoms with Gasteiger partial charge in [-0.15, -0.1) is 0 Å². The Morgan fingerprint density at radius 3 is 2.65 bits per heavy atom. The molecule has 0 aliphatic heterocycles. The molecule has 4 aromatic rings. The molecule has 0 spiro atoms. The number of fused-ring (bicyclic) bond motifs is 5. The second-order valence-electron chi connectivity index (χ2n) is 6.71. The van der Waals surface area contributed by atoms with Crippen LogP contribution in [0.4, 0.5) is 0 Å². The first-order valence-electron chi connectivity index (χ1n) is 8.84. The third kappa shape index (κ3) is 2.61. The van der Waals surface area contributed by atoms with Crippen molar-refractivity contribution < 1.29 is 4.79 Å². The number of hydrogen-bond acceptors (Lipinski definition) is 4. The number of rotatable bonds is 4. The number of imidazole rings is 1. The predicted molar refractivity (Wildman–Crippen MR) is 104 cm³/mol. The monoisotopic (exact) mass is 362 g/mol. The molecule has 1 N–H and O–H groups in total. The van der Waals surface area contributed by atoms with Gasteiger partial charge >= 0.3 is 0 Å². The highest BCUT2D eigenvalue weighted by atomic mass is 32.2. The van der Waals surface area contributed by atoms with Gasteiger partial charge in [0.15, 0.2) is 5.16 Å². The van der Waals surface area contributed by atoms with Crippen LogP contribution in [0, 0.1) is 0 Å². The van der Waals surface area contributed by atoms with Crippen molar-refractivity contribution in [3.05, 3.63) is 48.5 Å². The first-order chi connectivity index (χ1) is 12.7. The summed E-state index contributed by atoms with van der Waals surface area (Å²) in [6, 6.07) is 16.4. The van der Waals surface area contributed by atoms with E-state index in [0.717, 1.165) is 45.6 Å². The molecule has 0 saturated heterocycles. The Hall–Kier alpha value is -2.60. The lowest BCUT2D eigenvalue weighted by atomic mass is 10.2. The van der Waals surface area contributed by atoms with Crippen LogP contribution in [0.3, 0.4) is 0 Å². The van der Waals surface area contributed by atoms with Crippen molar-refractivity contribution in [1.29, 1.82) is 0 Å². The van der Waals surface area contributed by atoms with Gasteiger partial charge in [0.2, 0.25) is 5.91 Å². The van der Waals surface area contributed by atoms with Gasteiger partial charge in [-0.05, 0) is 44.0 Å². The largest absolute Gasteiger partial charge is 0.352 e. The Morgan fingerprint density at radius 2 is 1.85 bits per heavy atom. The van der Waals surface area contributed by atoms with Crippen molar-refractivity contribution in [1.82, 2.24) is 19.7 Å². The molecule has 1 amide bonds. The molecule has 2 heterocycles. The van der Waals surface area contributed by atoms with E-state index in [0.29, 0.717) is 6.04 Å². The average molecular weight is 362 g/mol. The van der Waals surface area contributed by atoms with Crippen molar-refractivity contribution in [2.75, 3.05) is 0 Å². The van der Waals surface area contributed by atoms with Crippen molar-refractivity contribution in [2.24, 2.45) is 0 Å². The highest BCUT2D eigenvalue weighted by Crippen LogP contribution is 2.31. The molecule has 1 saturated carbocycles. The lowest BCUT2D eigenvalue weighted by Crippen LogP contribution is -2.32. The quantitative estimate of drug-likeness (QED) is 0.443. The maximum Gasteiger partial charge on any atom is 0.233 e. The van der Waals surface area contributed by atoms with Gasteiger partial charge in [0.1, 0.15) is 5.65 Å². The van der Waals surface area contributed by atoms with E-state index in [4.69, 9.17) is 9.97 Å². The number of nitrogens with zero attached hydrogens (tertiary/aromatic N) is 3. The average Bonchev–Trinajstić information content (AvgIpc) is 3.38. The van der Waals surface area contributed by atoms with Crippen LogP contribution < -0.4 is 5.32 Å². The maximum atomic E-state index is 12.4. The molecule has 1 aliphatic rings. The molecule has 5 rings (SSSR count). The van der Waals surface area contributed by atoms with E-state index in [1.165, 1.54) is 11.8 Å². The molecule has 0 radical (unpaired) electrons. The molecule has 2 aromatic carbocycles. The van der Waals surface area contributed by atoms with Crippen molar-refractivity contribution in [2.45, 2.75) is 36.2 Å². The van der Waals surface area contributed by atoms with E-state index in [9.17, 15) is 4.79 Å². The van der Waals surface area contributed by atoms with Crippen LogP contribution in [0.1, 0.15) is 19.8 Å². The fourth-order valence-corrected chi connectivity index (χ4v) is 4.08. The van der Waals surface area contributed by atoms with Gasteiger partial charge in [0, 0.05) is 11.4 Å². The van der Waals surface area contributed by atoms with Crippen LogP contribution in [0.25, 0.3) is 27.6 Å². The number of para-hydroxylation sites is 3. The fourth-order valence-electron chi connectivity index (χ4n) is 3.15. The molecular weight excluding hydrogens is 344 g/mol. The van der Waals surface area contributed by atoms with Crippen LogP contribution in [-0.4, -0.2) is 31.6 Å². The van der Waals surface area contributed by atoms with Crippen LogP contribution in [-0.2, 0) is 4.79 Å². The van der Waals surface area contributed by atoms with Gasteiger partial charge in [-0.25, -0.2) is 9.97 Å². The van der Waals surface area contributed by atoms with Gasteiger partial charge in [0.05, 0.1) is 21.8 Å². The smallest absolute Gasteiger partial charge is 0.233 e. The van der Waals surface area contributed by atoms with Gasteiger partial charge in [-0.2, -0.15) is 0 Å². The van der Waals surface area contributed by atoms with Gasteiger partial charge in [-0.3, -0.25) is 9.20 Å². The van der Waals surface area contributed by atoms with E-state index >= 15 is 0 Å². The van der Waals surface area contributed by atoms with E-state index in [2.05, 4.69) is 9.72 Å². The number of thioether (sulfide) groups is 1. The molecule has 1 unspecified atom stereocenters. The Bertz CT molecular complexity index is 1150.